The van der Waals surface area contributed by atoms with Crippen LogP contribution in [0.15, 0.2) is 35.3 Å². The van der Waals surface area contributed by atoms with E-state index in [1.165, 1.54) is 28.0 Å². The monoisotopic (exact) mass is 502 g/mol. The molecule has 0 saturated carbocycles. The highest BCUT2D eigenvalue weighted by molar-refractivity contribution is 7.99. The molecular formula is C23H26N4O3S3. The molecule has 10 heteroatoms. The second-order valence-corrected chi connectivity index (χ2v) is 10.8. The Kier molecular flexibility index (Phi) is 7.67. The molecule has 0 radical (unpaired) electrons. The Hall–Kier alpha value is -2.43. The molecule has 0 fully saturated rings. The number of ether oxygens (including phenoxy) is 1. The van der Waals surface area contributed by atoms with Gasteiger partial charge in [-0.3, -0.25) is 9.36 Å². The molecule has 3 aromatic heterocycles. The van der Waals surface area contributed by atoms with E-state index in [9.17, 15) is 9.59 Å². The van der Waals surface area contributed by atoms with Gasteiger partial charge >= 0.3 is 5.97 Å². The maximum absolute atomic E-state index is 12.8. The summed E-state index contributed by atoms with van der Waals surface area (Å²) in [7, 11) is 0. The smallest absolute Gasteiger partial charge is 0.341 e. The van der Waals surface area contributed by atoms with Gasteiger partial charge in [0.05, 0.1) is 22.8 Å². The van der Waals surface area contributed by atoms with Crippen molar-refractivity contribution in [2.24, 2.45) is 5.92 Å². The van der Waals surface area contributed by atoms with Crippen molar-refractivity contribution < 1.29 is 14.3 Å². The molecule has 0 bridgehead atoms. The number of carbonyl (C=O) groups is 2. The minimum atomic E-state index is -0.362. The molecule has 1 atom stereocenters. The van der Waals surface area contributed by atoms with Gasteiger partial charge in [0.15, 0.2) is 11.0 Å². The molecule has 3 heterocycles. The molecule has 1 aliphatic rings. The number of thiophene rings is 2. The number of allylic oxidation sites excluding steroid dienone is 1. The largest absolute Gasteiger partial charge is 0.462 e. The van der Waals surface area contributed by atoms with Crippen LogP contribution >= 0.6 is 34.4 Å². The zero-order valence-electron chi connectivity index (χ0n) is 18.6. The van der Waals surface area contributed by atoms with E-state index in [2.05, 4.69) is 29.0 Å². The van der Waals surface area contributed by atoms with Gasteiger partial charge in [-0.25, -0.2) is 4.79 Å². The molecule has 0 aliphatic heterocycles. The summed E-state index contributed by atoms with van der Waals surface area (Å²) in [5, 5.41) is 14.8. The molecular weight excluding hydrogens is 476 g/mol. The molecule has 1 amide bonds. The lowest BCUT2D eigenvalue weighted by Gasteiger charge is -2.18. The molecule has 0 saturated heterocycles. The number of hydrogen-bond donors (Lipinski definition) is 1. The molecule has 0 spiro atoms. The fourth-order valence-electron chi connectivity index (χ4n) is 3.83. The molecule has 1 N–H and O–H groups in total. The Morgan fingerprint density at radius 3 is 3.00 bits per heavy atom. The number of thioether (sulfide) groups is 1. The predicted octanol–water partition coefficient (Wildman–Crippen LogP) is 5.29. The summed E-state index contributed by atoms with van der Waals surface area (Å²) in [6, 6.07) is 3.96. The van der Waals surface area contributed by atoms with Gasteiger partial charge in [-0.2, -0.15) is 0 Å². The highest BCUT2D eigenvalue weighted by Crippen LogP contribution is 2.40. The molecule has 7 nitrogen and oxygen atoms in total. The number of aromatic nitrogens is 3. The number of nitrogens with zero attached hydrogens (tertiary/aromatic N) is 3. The minimum absolute atomic E-state index is 0.154. The van der Waals surface area contributed by atoms with Gasteiger partial charge in [-0.1, -0.05) is 30.8 Å². The summed E-state index contributed by atoms with van der Waals surface area (Å²) >= 11 is 4.40. The summed E-state index contributed by atoms with van der Waals surface area (Å²) < 4.78 is 7.24. The summed E-state index contributed by atoms with van der Waals surface area (Å²) in [6.45, 7) is 8.68. The molecule has 4 rings (SSSR count). The first-order valence-electron chi connectivity index (χ1n) is 10.8. The Morgan fingerprint density at radius 2 is 2.27 bits per heavy atom. The predicted molar refractivity (Wildman–Crippen MR) is 134 cm³/mol. The van der Waals surface area contributed by atoms with Gasteiger partial charge in [0, 0.05) is 11.4 Å². The molecule has 1 unspecified atom stereocenters. The number of rotatable bonds is 9. The molecule has 3 aromatic rings. The van der Waals surface area contributed by atoms with Crippen LogP contribution in [0, 0.1) is 5.92 Å². The van der Waals surface area contributed by atoms with Crippen molar-refractivity contribution in [2.75, 3.05) is 17.7 Å². The van der Waals surface area contributed by atoms with E-state index >= 15 is 0 Å². The zero-order valence-corrected chi connectivity index (χ0v) is 21.1. The van der Waals surface area contributed by atoms with E-state index in [-0.39, 0.29) is 17.6 Å². The third-order valence-corrected chi connectivity index (χ3v) is 8.35. The number of amides is 1. The van der Waals surface area contributed by atoms with E-state index in [0.29, 0.717) is 34.8 Å². The van der Waals surface area contributed by atoms with Crippen LogP contribution in [0.25, 0.3) is 10.7 Å². The first-order chi connectivity index (χ1) is 16.0. The zero-order chi connectivity index (χ0) is 23.4. The van der Waals surface area contributed by atoms with E-state index in [0.717, 1.165) is 35.5 Å². The second-order valence-electron chi connectivity index (χ2n) is 7.80. The van der Waals surface area contributed by atoms with Crippen LogP contribution in [0.5, 0.6) is 0 Å². The normalized spacial score (nSPS) is 15.2. The van der Waals surface area contributed by atoms with Crippen LogP contribution in [0.1, 0.15) is 41.1 Å². The Bertz CT molecular complexity index is 1150. The highest BCUT2D eigenvalue weighted by atomic mass is 32.2. The SMILES string of the molecule is C=CCn1c(SCC(=O)Nc2sc3c(c2C(=O)OCC)CCC(C)C3)nnc1-c1cccs1. The third kappa shape index (κ3) is 5.23. The van der Waals surface area contributed by atoms with E-state index in [1.807, 2.05) is 22.1 Å². The van der Waals surface area contributed by atoms with Crippen molar-refractivity contribution in [3.05, 3.63) is 46.2 Å². The van der Waals surface area contributed by atoms with E-state index in [1.54, 1.807) is 24.3 Å². The van der Waals surface area contributed by atoms with Crippen LogP contribution in [0.3, 0.4) is 0 Å². The lowest BCUT2D eigenvalue weighted by molar-refractivity contribution is -0.113. The topological polar surface area (TPSA) is 86.1 Å². The number of esters is 1. The number of carbonyl (C=O) groups excluding carboxylic acids is 2. The molecule has 0 aromatic carbocycles. The Morgan fingerprint density at radius 1 is 1.42 bits per heavy atom. The van der Waals surface area contributed by atoms with Gasteiger partial charge in [0.1, 0.15) is 5.00 Å². The van der Waals surface area contributed by atoms with Crippen molar-refractivity contribution in [1.82, 2.24) is 14.8 Å². The van der Waals surface area contributed by atoms with Gasteiger partial charge in [0.25, 0.3) is 0 Å². The summed E-state index contributed by atoms with van der Waals surface area (Å²) in [5.41, 5.74) is 1.56. The van der Waals surface area contributed by atoms with Crippen molar-refractivity contribution in [2.45, 2.75) is 44.8 Å². The van der Waals surface area contributed by atoms with E-state index < -0.39 is 0 Å². The molecule has 33 heavy (non-hydrogen) atoms. The molecule has 1 aliphatic carbocycles. The maximum atomic E-state index is 12.8. The highest BCUT2D eigenvalue weighted by Gasteiger charge is 2.29. The summed E-state index contributed by atoms with van der Waals surface area (Å²) in [6.07, 6.45) is 4.58. The second kappa shape index (κ2) is 10.7. The van der Waals surface area contributed by atoms with Crippen molar-refractivity contribution >= 4 is 51.3 Å². The van der Waals surface area contributed by atoms with Crippen molar-refractivity contribution in [3.8, 4) is 10.7 Å². The van der Waals surface area contributed by atoms with Crippen LogP contribution in [0.4, 0.5) is 5.00 Å². The Labute approximate surface area is 205 Å². The fourth-order valence-corrected chi connectivity index (χ4v) is 6.71. The van der Waals surface area contributed by atoms with Crippen LogP contribution < -0.4 is 5.32 Å². The first-order valence-corrected chi connectivity index (χ1v) is 13.5. The number of hydrogen-bond acceptors (Lipinski definition) is 8. The number of fused-ring (bicyclic) bond motifs is 1. The standard InChI is InChI=1S/C23H26N4O3S3/c1-4-10-27-20(16-7-6-11-31-16)25-26-23(27)32-13-18(28)24-21-19(22(29)30-5-2)15-9-8-14(3)12-17(15)33-21/h4,6-7,11,14H,1,5,8-10,12-13H2,2-3H3,(H,24,28). The number of nitrogens with one attached hydrogen (secondary N) is 1. The van der Waals surface area contributed by atoms with Crippen molar-refractivity contribution in [1.29, 1.82) is 0 Å². The first kappa shape index (κ1) is 23.7. The summed E-state index contributed by atoms with van der Waals surface area (Å²) in [4.78, 5) is 27.7. The summed E-state index contributed by atoms with van der Waals surface area (Å²) in [5.74, 6) is 0.930. The van der Waals surface area contributed by atoms with Crippen LogP contribution in [-0.2, 0) is 28.9 Å². The van der Waals surface area contributed by atoms with E-state index in [4.69, 9.17) is 4.74 Å². The van der Waals surface area contributed by atoms with Crippen LogP contribution in [-0.4, -0.2) is 39.0 Å². The number of anilines is 1. The molecule has 174 valence electrons. The van der Waals surface area contributed by atoms with Crippen molar-refractivity contribution in [3.63, 3.8) is 0 Å². The van der Waals surface area contributed by atoms with Gasteiger partial charge in [0.2, 0.25) is 5.91 Å². The minimum Gasteiger partial charge on any atom is -0.462 e. The van der Waals surface area contributed by atoms with Gasteiger partial charge in [-0.05, 0) is 49.1 Å². The van der Waals surface area contributed by atoms with Crippen LogP contribution in [0.2, 0.25) is 0 Å². The average Bonchev–Trinajstić information content (AvgIpc) is 3.51. The lowest BCUT2D eigenvalue weighted by atomic mass is 9.88. The average molecular weight is 503 g/mol. The maximum Gasteiger partial charge on any atom is 0.341 e. The van der Waals surface area contributed by atoms with Gasteiger partial charge in [-0.15, -0.1) is 39.4 Å². The van der Waals surface area contributed by atoms with Gasteiger partial charge < -0.3 is 10.1 Å². The third-order valence-electron chi connectivity index (χ3n) is 5.35. The Balaban J connectivity index is 1.50. The quantitative estimate of drug-likeness (QED) is 0.243. The fraction of sp³-hybridized carbons (Fsp3) is 0.391. The lowest BCUT2D eigenvalue weighted by Crippen LogP contribution is -2.18.